The summed E-state index contributed by atoms with van der Waals surface area (Å²) in [6.07, 6.45) is 1.80. The van der Waals surface area contributed by atoms with Gasteiger partial charge in [0.25, 0.3) is 5.78 Å². The molecule has 0 spiro atoms. The van der Waals surface area contributed by atoms with Gasteiger partial charge in [0.15, 0.2) is 0 Å². The van der Waals surface area contributed by atoms with E-state index in [-0.39, 0.29) is 18.1 Å². The number of ketones is 1. The fourth-order valence-corrected chi connectivity index (χ4v) is 3.55. The van der Waals surface area contributed by atoms with Crippen molar-refractivity contribution in [1.82, 2.24) is 0 Å². The quantitative estimate of drug-likeness (QED) is 0.471. The van der Waals surface area contributed by atoms with Gasteiger partial charge in [-0.05, 0) is 31.7 Å². The van der Waals surface area contributed by atoms with Gasteiger partial charge >= 0.3 is 5.97 Å². The van der Waals surface area contributed by atoms with Gasteiger partial charge in [-0.3, -0.25) is 9.59 Å². The Hall–Kier alpha value is -2.08. The highest BCUT2D eigenvalue weighted by molar-refractivity contribution is 8.02. The largest absolute Gasteiger partial charge is 0.460 e. The first kappa shape index (κ1) is 17.3. The van der Waals surface area contributed by atoms with Crippen LogP contribution in [0.5, 0.6) is 0 Å². The molecule has 1 aliphatic rings. The van der Waals surface area contributed by atoms with Crippen LogP contribution >= 0.6 is 11.8 Å². The van der Waals surface area contributed by atoms with Crippen molar-refractivity contribution < 1.29 is 19.1 Å². The molecular formula is C17H19NO4S. The predicted octanol–water partition coefficient (Wildman–Crippen LogP) is 2.52. The molecule has 1 unspecified atom stereocenters. The number of likely N-dealkylation sites (N-methyl/N-ethyl adjacent to an activating group) is 1. The number of carbonyl (C=O) groups is 3. The maximum absolute atomic E-state index is 12.6. The van der Waals surface area contributed by atoms with E-state index in [9.17, 15) is 14.4 Å². The second-order valence-electron chi connectivity index (χ2n) is 5.13. The molecule has 0 fully saturated rings. The fraction of sp³-hybridized carbons (Fsp3) is 0.353. The highest BCUT2D eigenvalue weighted by atomic mass is 32.2. The number of benzene rings is 1. The number of Topliss-reactive ketones (excluding diaryl/α,β-unsaturated/α-hetero) is 1. The van der Waals surface area contributed by atoms with Crippen molar-refractivity contribution in [1.29, 1.82) is 0 Å². The van der Waals surface area contributed by atoms with Gasteiger partial charge in [-0.25, -0.2) is 4.79 Å². The monoisotopic (exact) mass is 333 g/mol. The molecule has 1 atom stereocenters. The smallest absolute Gasteiger partial charge is 0.379 e. The number of carbonyl (C=O) groups excluding carboxylic acids is 3. The third-order valence-electron chi connectivity index (χ3n) is 3.84. The Morgan fingerprint density at radius 1 is 1.30 bits per heavy atom. The Bertz CT molecular complexity index is 696. The number of fused-ring (bicyclic) bond motifs is 1. The van der Waals surface area contributed by atoms with Crippen LogP contribution in [-0.4, -0.2) is 37.6 Å². The molecule has 1 aromatic carbocycles. The first-order valence-electron chi connectivity index (χ1n) is 7.26. The Labute approximate surface area is 139 Å². The zero-order valence-corrected chi connectivity index (χ0v) is 14.4. The Kier molecular flexibility index (Phi) is 5.26. The third kappa shape index (κ3) is 3.03. The number of ether oxygens (including phenoxy) is 1. The van der Waals surface area contributed by atoms with Crippen molar-refractivity contribution in [2.75, 3.05) is 24.8 Å². The summed E-state index contributed by atoms with van der Waals surface area (Å²) in [5.74, 6) is -2.24. The summed E-state index contributed by atoms with van der Waals surface area (Å²) in [4.78, 5) is 38.7. The first-order chi connectivity index (χ1) is 10.9. The standard InChI is InChI=1S/C17H19NO4S/c1-5-22-17(21)14(19)10(2)15(23-4)13-11-8-6-7-9-12(11)18(3)16(13)20/h6-9,13H,5H2,1-4H3/b15-10+. The molecule has 1 aromatic rings. The van der Waals surface area contributed by atoms with E-state index in [4.69, 9.17) is 4.74 Å². The lowest BCUT2D eigenvalue weighted by Gasteiger charge is -2.16. The van der Waals surface area contributed by atoms with Crippen LogP contribution in [0.15, 0.2) is 34.7 Å². The number of hydrogen-bond acceptors (Lipinski definition) is 5. The molecule has 0 aromatic heterocycles. The minimum atomic E-state index is -0.886. The van der Waals surface area contributed by atoms with E-state index >= 15 is 0 Å². The molecule has 0 saturated carbocycles. The lowest BCUT2D eigenvalue weighted by molar-refractivity contribution is -0.151. The molecule has 1 heterocycles. The van der Waals surface area contributed by atoms with Crippen LogP contribution in [0.1, 0.15) is 25.3 Å². The number of nitrogens with zero attached hydrogens (tertiary/aromatic N) is 1. The zero-order valence-electron chi connectivity index (χ0n) is 13.6. The number of amides is 1. The Morgan fingerprint density at radius 2 is 1.96 bits per heavy atom. The highest BCUT2D eigenvalue weighted by Gasteiger charge is 2.39. The van der Waals surface area contributed by atoms with Crippen LogP contribution in [0.4, 0.5) is 5.69 Å². The minimum Gasteiger partial charge on any atom is -0.460 e. The van der Waals surface area contributed by atoms with E-state index in [1.54, 1.807) is 32.1 Å². The summed E-state index contributed by atoms with van der Waals surface area (Å²) < 4.78 is 4.77. The number of hydrogen-bond donors (Lipinski definition) is 0. The van der Waals surface area contributed by atoms with E-state index in [2.05, 4.69) is 0 Å². The van der Waals surface area contributed by atoms with Gasteiger partial charge in [0.05, 0.1) is 12.5 Å². The lowest BCUT2D eigenvalue weighted by atomic mass is 9.96. The number of anilines is 1. The average molecular weight is 333 g/mol. The topological polar surface area (TPSA) is 63.7 Å². The minimum absolute atomic E-state index is 0.105. The van der Waals surface area contributed by atoms with Crippen molar-refractivity contribution in [2.24, 2.45) is 0 Å². The van der Waals surface area contributed by atoms with Crippen LogP contribution < -0.4 is 4.90 Å². The summed E-state index contributed by atoms with van der Waals surface area (Å²) >= 11 is 1.31. The molecule has 0 bridgehead atoms. The fourth-order valence-electron chi connectivity index (χ4n) is 2.68. The molecule has 0 aliphatic carbocycles. The van der Waals surface area contributed by atoms with Gasteiger partial charge < -0.3 is 9.64 Å². The predicted molar refractivity (Wildman–Crippen MR) is 90.4 cm³/mol. The van der Waals surface area contributed by atoms with Crippen LogP contribution in [0.3, 0.4) is 0 Å². The van der Waals surface area contributed by atoms with E-state index < -0.39 is 17.7 Å². The maximum atomic E-state index is 12.6. The highest BCUT2D eigenvalue weighted by Crippen LogP contribution is 2.44. The van der Waals surface area contributed by atoms with Gasteiger partial charge in [-0.1, -0.05) is 18.2 Å². The van der Waals surface area contributed by atoms with E-state index in [0.29, 0.717) is 4.91 Å². The molecule has 6 heteroatoms. The molecule has 1 amide bonds. The second-order valence-corrected chi connectivity index (χ2v) is 5.98. The molecule has 0 saturated heterocycles. The van der Waals surface area contributed by atoms with Crippen LogP contribution in [-0.2, 0) is 19.1 Å². The number of esters is 1. The third-order valence-corrected chi connectivity index (χ3v) is 4.82. The molecule has 2 rings (SSSR count). The van der Waals surface area contributed by atoms with Gasteiger partial charge in [-0.2, -0.15) is 0 Å². The first-order valence-corrected chi connectivity index (χ1v) is 8.49. The van der Waals surface area contributed by atoms with E-state index in [1.165, 1.54) is 11.8 Å². The van der Waals surface area contributed by atoms with Crippen molar-refractivity contribution in [3.8, 4) is 0 Å². The van der Waals surface area contributed by atoms with Gasteiger partial charge in [0.1, 0.15) is 0 Å². The summed E-state index contributed by atoms with van der Waals surface area (Å²) in [5.41, 5.74) is 1.94. The van der Waals surface area contributed by atoms with Crippen LogP contribution in [0, 0.1) is 0 Å². The Morgan fingerprint density at radius 3 is 2.57 bits per heavy atom. The summed E-state index contributed by atoms with van der Waals surface area (Å²) in [5, 5.41) is 0. The second kappa shape index (κ2) is 7.00. The van der Waals surface area contributed by atoms with Crippen molar-refractivity contribution >= 4 is 35.1 Å². The molecule has 5 nitrogen and oxygen atoms in total. The average Bonchev–Trinajstić information content (AvgIpc) is 2.80. The van der Waals surface area contributed by atoms with Gasteiger partial charge in [-0.15, -0.1) is 11.8 Å². The molecule has 0 radical (unpaired) electrons. The van der Waals surface area contributed by atoms with E-state index in [0.717, 1.165) is 11.3 Å². The Balaban J connectivity index is 2.49. The van der Waals surface area contributed by atoms with Crippen molar-refractivity contribution in [3.63, 3.8) is 0 Å². The summed E-state index contributed by atoms with van der Waals surface area (Å²) in [6.45, 7) is 3.35. The van der Waals surface area contributed by atoms with Crippen molar-refractivity contribution in [2.45, 2.75) is 19.8 Å². The van der Waals surface area contributed by atoms with Gasteiger partial charge in [0, 0.05) is 23.2 Å². The molecular weight excluding hydrogens is 314 g/mol. The zero-order chi connectivity index (χ0) is 17.1. The SMILES string of the molecule is CCOC(=O)C(=O)/C(C)=C(/SC)C1C(=O)N(C)c2ccccc21. The molecule has 0 N–H and O–H groups in total. The summed E-state index contributed by atoms with van der Waals surface area (Å²) in [7, 11) is 1.71. The van der Waals surface area contributed by atoms with Crippen molar-refractivity contribution in [3.05, 3.63) is 40.3 Å². The number of thioether (sulfide) groups is 1. The molecule has 1 aliphatic heterocycles. The maximum Gasteiger partial charge on any atom is 0.379 e. The lowest BCUT2D eigenvalue weighted by Crippen LogP contribution is -2.26. The van der Waals surface area contributed by atoms with E-state index in [1.807, 2.05) is 24.3 Å². The molecule has 23 heavy (non-hydrogen) atoms. The number of para-hydroxylation sites is 1. The van der Waals surface area contributed by atoms with Gasteiger partial charge in [0.2, 0.25) is 5.91 Å². The van der Waals surface area contributed by atoms with Crippen LogP contribution in [0.25, 0.3) is 0 Å². The number of rotatable bonds is 5. The summed E-state index contributed by atoms with van der Waals surface area (Å²) in [6, 6.07) is 7.47. The normalized spacial score (nSPS) is 17.7. The van der Waals surface area contributed by atoms with Crippen LogP contribution in [0.2, 0.25) is 0 Å². The molecule has 122 valence electrons.